The third-order valence-corrected chi connectivity index (χ3v) is 9.99. The molecule has 0 bridgehead atoms. The first-order chi connectivity index (χ1) is 28.0. The van der Waals surface area contributed by atoms with Gasteiger partial charge in [0.05, 0.1) is 18.1 Å². The van der Waals surface area contributed by atoms with E-state index < -0.39 is 0 Å². The van der Waals surface area contributed by atoms with Crippen LogP contribution in [0, 0.1) is 0 Å². The van der Waals surface area contributed by atoms with E-state index in [1.807, 2.05) is 109 Å². The molecule has 0 aromatic heterocycles. The fraction of sp³-hybridized carbons (Fsp3) is 0.0625. The molecule has 3 aliphatic heterocycles. The Labute approximate surface area is 350 Å². The summed E-state index contributed by atoms with van der Waals surface area (Å²) in [5.41, 5.74) is 10.2. The Bertz CT molecular complexity index is 2080. The summed E-state index contributed by atoms with van der Waals surface area (Å²) in [6.07, 6.45) is 6.50. The van der Waals surface area contributed by atoms with Crippen LogP contribution in [-0.2, 0) is 0 Å². The van der Waals surface area contributed by atoms with Crippen molar-refractivity contribution < 1.29 is 0 Å². The SMILES string of the molecule is S=C1NC(c2ccccc2)=C[C@@H](c2ccccc2)N1.S=C1NC(c2ccccc2)=C[C@H](c2ccccc2)N1.S=C1NC(c2ccccc2)=C[C@H](c2ccccc2)N1. The van der Waals surface area contributed by atoms with E-state index in [0.717, 1.165) is 33.8 Å². The minimum Gasteiger partial charge on any atom is -0.352 e. The van der Waals surface area contributed by atoms with Crippen LogP contribution >= 0.6 is 36.7 Å². The number of benzene rings is 6. The second-order valence-electron chi connectivity index (χ2n) is 13.3. The Morgan fingerprint density at radius 3 is 0.719 bits per heavy atom. The zero-order valence-electron chi connectivity index (χ0n) is 31.0. The van der Waals surface area contributed by atoms with Crippen molar-refractivity contribution in [1.29, 1.82) is 0 Å². The van der Waals surface area contributed by atoms with Crippen molar-refractivity contribution in [3.05, 3.63) is 234 Å². The molecule has 0 spiro atoms. The van der Waals surface area contributed by atoms with Crippen LogP contribution in [0.25, 0.3) is 17.1 Å². The molecule has 0 unspecified atom stereocenters. The second-order valence-corrected chi connectivity index (χ2v) is 14.5. The summed E-state index contributed by atoms with van der Waals surface area (Å²) >= 11 is 15.9. The Balaban J connectivity index is 0.000000131. The van der Waals surface area contributed by atoms with Crippen LogP contribution in [0.1, 0.15) is 51.5 Å². The predicted molar refractivity (Wildman–Crippen MR) is 247 cm³/mol. The number of rotatable bonds is 6. The van der Waals surface area contributed by atoms with E-state index in [2.05, 4.69) is 123 Å². The van der Waals surface area contributed by atoms with Gasteiger partial charge in [0.15, 0.2) is 15.3 Å². The standard InChI is InChI=1S/3C16H14N2S/c3*19-16-17-14(12-7-3-1-4-8-12)11-15(18-16)13-9-5-2-6-10-13/h3*1-11,14H,(H2,17,18,19)/t3*14-/m110/s1. The minimum absolute atomic E-state index is 0.116. The van der Waals surface area contributed by atoms with Crippen LogP contribution in [0.2, 0.25) is 0 Å². The third-order valence-electron chi connectivity index (χ3n) is 9.33. The molecule has 6 nitrogen and oxygen atoms in total. The van der Waals surface area contributed by atoms with Gasteiger partial charge in [-0.05, 0) is 88.3 Å². The monoisotopic (exact) mass is 798 g/mol. The van der Waals surface area contributed by atoms with Crippen molar-refractivity contribution in [1.82, 2.24) is 31.9 Å². The molecule has 3 atom stereocenters. The van der Waals surface area contributed by atoms with Gasteiger partial charge in [-0.25, -0.2) is 0 Å². The summed E-state index contributed by atoms with van der Waals surface area (Å²) in [7, 11) is 0. The first-order valence-corrected chi connectivity index (χ1v) is 19.9. The first kappa shape index (κ1) is 38.9. The van der Waals surface area contributed by atoms with Crippen LogP contribution in [0.5, 0.6) is 0 Å². The molecule has 0 radical (unpaired) electrons. The lowest BCUT2D eigenvalue weighted by Crippen LogP contribution is -2.40. The topological polar surface area (TPSA) is 72.2 Å². The second kappa shape index (κ2) is 19.5. The molecule has 282 valence electrons. The maximum Gasteiger partial charge on any atom is 0.171 e. The number of thiocarbonyl (C=S) groups is 3. The Morgan fingerprint density at radius 1 is 0.281 bits per heavy atom. The highest BCUT2D eigenvalue weighted by molar-refractivity contribution is 7.80. The van der Waals surface area contributed by atoms with E-state index in [1.165, 1.54) is 16.7 Å². The van der Waals surface area contributed by atoms with Crippen LogP contribution < -0.4 is 31.9 Å². The molecular formula is C48H42N6S3. The molecule has 9 heteroatoms. The molecule has 3 heterocycles. The minimum atomic E-state index is 0.116. The molecule has 9 rings (SSSR count). The smallest absolute Gasteiger partial charge is 0.171 e. The van der Waals surface area contributed by atoms with E-state index in [9.17, 15) is 0 Å². The van der Waals surface area contributed by atoms with Gasteiger partial charge in [-0.15, -0.1) is 0 Å². The summed E-state index contributed by atoms with van der Waals surface area (Å²) < 4.78 is 0. The maximum absolute atomic E-state index is 5.30. The Morgan fingerprint density at radius 2 is 0.491 bits per heavy atom. The molecule has 6 aromatic rings. The highest BCUT2D eigenvalue weighted by Crippen LogP contribution is 2.25. The summed E-state index contributed by atoms with van der Waals surface area (Å²) in [4.78, 5) is 0. The molecule has 0 fully saturated rings. The van der Waals surface area contributed by atoms with Crippen molar-refractivity contribution in [3.63, 3.8) is 0 Å². The zero-order valence-corrected chi connectivity index (χ0v) is 33.5. The molecule has 0 aliphatic carbocycles. The van der Waals surface area contributed by atoms with E-state index in [0.29, 0.717) is 15.3 Å². The fourth-order valence-electron chi connectivity index (χ4n) is 6.53. The average molecular weight is 799 g/mol. The van der Waals surface area contributed by atoms with Crippen molar-refractivity contribution in [2.24, 2.45) is 0 Å². The molecule has 6 N–H and O–H groups in total. The van der Waals surface area contributed by atoms with Crippen LogP contribution in [-0.4, -0.2) is 15.3 Å². The molecule has 3 aliphatic rings. The van der Waals surface area contributed by atoms with Crippen molar-refractivity contribution in [2.45, 2.75) is 18.1 Å². The number of hydrogen-bond donors (Lipinski definition) is 6. The van der Waals surface area contributed by atoms with Crippen molar-refractivity contribution in [2.75, 3.05) is 0 Å². The molecule has 0 saturated heterocycles. The summed E-state index contributed by atoms with van der Waals surface area (Å²) in [6, 6.07) is 61.9. The molecule has 0 amide bonds. The van der Waals surface area contributed by atoms with Crippen molar-refractivity contribution in [3.8, 4) is 0 Å². The van der Waals surface area contributed by atoms with Gasteiger partial charge < -0.3 is 31.9 Å². The van der Waals surface area contributed by atoms with Gasteiger partial charge in [-0.1, -0.05) is 182 Å². The maximum atomic E-state index is 5.30. The summed E-state index contributed by atoms with van der Waals surface area (Å²) in [5, 5.41) is 21.5. The Kier molecular flexibility index (Phi) is 13.3. The number of nitrogens with one attached hydrogen (secondary N) is 6. The normalized spacial score (nSPS) is 18.2. The van der Waals surface area contributed by atoms with Gasteiger partial charge in [-0.3, -0.25) is 0 Å². The molecular weight excluding hydrogens is 757 g/mol. The lowest BCUT2D eigenvalue weighted by Gasteiger charge is -2.26. The van der Waals surface area contributed by atoms with Gasteiger partial charge in [0.1, 0.15) is 0 Å². The van der Waals surface area contributed by atoms with Gasteiger partial charge in [-0.2, -0.15) is 0 Å². The van der Waals surface area contributed by atoms with Gasteiger partial charge in [0.25, 0.3) is 0 Å². The van der Waals surface area contributed by atoms with Gasteiger partial charge in [0.2, 0.25) is 0 Å². The van der Waals surface area contributed by atoms with E-state index >= 15 is 0 Å². The summed E-state index contributed by atoms with van der Waals surface area (Å²) in [6.45, 7) is 0. The van der Waals surface area contributed by atoms with Gasteiger partial charge in [0, 0.05) is 17.1 Å². The van der Waals surface area contributed by atoms with Crippen LogP contribution in [0.3, 0.4) is 0 Å². The molecule has 6 aromatic carbocycles. The number of hydrogen-bond acceptors (Lipinski definition) is 3. The highest BCUT2D eigenvalue weighted by Gasteiger charge is 2.20. The van der Waals surface area contributed by atoms with E-state index in [-0.39, 0.29) is 18.1 Å². The Hall–Kier alpha value is -6.39. The largest absolute Gasteiger partial charge is 0.352 e. The fourth-order valence-corrected chi connectivity index (χ4v) is 7.24. The van der Waals surface area contributed by atoms with Crippen LogP contribution in [0.4, 0.5) is 0 Å². The first-order valence-electron chi connectivity index (χ1n) is 18.7. The molecule has 0 saturated carbocycles. The van der Waals surface area contributed by atoms with Crippen LogP contribution in [0.15, 0.2) is 200 Å². The lowest BCUT2D eigenvalue weighted by atomic mass is 10.0. The lowest BCUT2D eigenvalue weighted by molar-refractivity contribution is 0.765. The van der Waals surface area contributed by atoms with Crippen molar-refractivity contribution >= 4 is 69.1 Å². The van der Waals surface area contributed by atoms with Gasteiger partial charge >= 0.3 is 0 Å². The molecule has 57 heavy (non-hydrogen) atoms. The third kappa shape index (κ3) is 10.9. The highest BCUT2D eigenvalue weighted by atomic mass is 32.1. The quantitative estimate of drug-likeness (QED) is 0.0925. The average Bonchev–Trinajstić information content (AvgIpc) is 3.28. The van der Waals surface area contributed by atoms with E-state index in [1.54, 1.807) is 0 Å². The zero-order chi connectivity index (χ0) is 39.2. The summed E-state index contributed by atoms with van der Waals surface area (Å²) in [5.74, 6) is 0. The predicted octanol–water partition coefficient (Wildman–Crippen LogP) is 9.74. The van der Waals surface area contributed by atoms with E-state index in [4.69, 9.17) is 36.7 Å².